The Balaban J connectivity index is 2.00. The van der Waals surface area contributed by atoms with Gasteiger partial charge in [-0.2, -0.15) is 0 Å². The molecule has 1 fully saturated rings. The molecular weight excluding hydrogens is 293 g/mol. The van der Waals surface area contributed by atoms with E-state index in [9.17, 15) is 9.18 Å². The number of halogens is 1. The Kier molecular flexibility index (Phi) is 4.67. The lowest BCUT2D eigenvalue weighted by molar-refractivity contribution is 0.0997. The molecule has 0 atom stereocenters. The number of benzene rings is 1. The highest BCUT2D eigenvalue weighted by Crippen LogP contribution is 2.29. The Labute approximate surface area is 134 Å². The lowest BCUT2D eigenvalue weighted by Gasteiger charge is -2.25. The highest BCUT2D eigenvalue weighted by Gasteiger charge is 2.23. The number of aromatic nitrogens is 1. The van der Waals surface area contributed by atoms with E-state index in [0.29, 0.717) is 22.7 Å². The van der Waals surface area contributed by atoms with E-state index in [2.05, 4.69) is 10.3 Å². The van der Waals surface area contributed by atoms with Crippen LogP contribution in [0, 0.1) is 5.82 Å². The highest BCUT2D eigenvalue weighted by atomic mass is 19.1. The summed E-state index contributed by atoms with van der Waals surface area (Å²) in [6.45, 7) is 1.85. The fourth-order valence-corrected chi connectivity index (χ4v) is 3.24. The molecule has 1 saturated heterocycles. The molecule has 5 heteroatoms. The second kappa shape index (κ2) is 6.87. The lowest BCUT2D eigenvalue weighted by atomic mass is 9.86. The van der Waals surface area contributed by atoms with Gasteiger partial charge in [-0.3, -0.25) is 9.78 Å². The summed E-state index contributed by atoms with van der Waals surface area (Å²) in [7, 11) is 0. The maximum Gasteiger partial charge on any atom is 0.250 e. The van der Waals surface area contributed by atoms with Crippen LogP contribution in [0.25, 0.3) is 0 Å². The van der Waals surface area contributed by atoms with Gasteiger partial charge in [0.15, 0.2) is 0 Å². The van der Waals surface area contributed by atoms with Gasteiger partial charge in [-0.15, -0.1) is 0 Å². The number of primary amides is 1. The first-order chi connectivity index (χ1) is 11.2. The number of amides is 1. The Morgan fingerprint density at radius 1 is 1.26 bits per heavy atom. The molecule has 1 aliphatic rings. The van der Waals surface area contributed by atoms with Crippen LogP contribution in [0.5, 0.6) is 0 Å². The number of nitrogens with two attached hydrogens (primary N) is 1. The number of carbonyl (C=O) groups excluding carboxylic acids is 1. The molecule has 0 unspecified atom stereocenters. The quantitative estimate of drug-likeness (QED) is 0.910. The third kappa shape index (κ3) is 3.40. The number of hydrogen-bond acceptors (Lipinski definition) is 3. The van der Waals surface area contributed by atoms with Crippen molar-refractivity contribution < 1.29 is 9.18 Å². The van der Waals surface area contributed by atoms with Crippen molar-refractivity contribution in [3.63, 3.8) is 0 Å². The molecule has 3 rings (SSSR count). The fourth-order valence-electron chi connectivity index (χ4n) is 3.24. The minimum atomic E-state index is -0.488. The van der Waals surface area contributed by atoms with Crippen LogP contribution in [0.2, 0.25) is 0 Å². The predicted octanol–water partition coefficient (Wildman–Crippen LogP) is 2.38. The van der Waals surface area contributed by atoms with Gasteiger partial charge in [0, 0.05) is 12.6 Å². The van der Waals surface area contributed by atoms with Crippen LogP contribution in [-0.4, -0.2) is 24.0 Å². The van der Waals surface area contributed by atoms with Gasteiger partial charge >= 0.3 is 0 Å². The van der Waals surface area contributed by atoms with E-state index in [-0.39, 0.29) is 12.2 Å². The van der Waals surface area contributed by atoms with E-state index in [4.69, 9.17) is 5.73 Å². The summed E-state index contributed by atoms with van der Waals surface area (Å²) in [5.41, 5.74) is 8.10. The highest BCUT2D eigenvalue weighted by molar-refractivity contribution is 5.95. The summed E-state index contributed by atoms with van der Waals surface area (Å²) < 4.78 is 13.9. The van der Waals surface area contributed by atoms with Gasteiger partial charge in [0.2, 0.25) is 0 Å². The van der Waals surface area contributed by atoms with Crippen LogP contribution in [0.3, 0.4) is 0 Å². The van der Waals surface area contributed by atoms with E-state index in [1.54, 1.807) is 24.4 Å². The van der Waals surface area contributed by atoms with Gasteiger partial charge in [-0.05, 0) is 55.1 Å². The first kappa shape index (κ1) is 15.6. The average Bonchev–Trinajstić information content (AvgIpc) is 2.57. The second-order valence-electron chi connectivity index (χ2n) is 5.88. The monoisotopic (exact) mass is 313 g/mol. The molecule has 3 N–H and O–H groups in total. The second-order valence-corrected chi connectivity index (χ2v) is 5.88. The van der Waals surface area contributed by atoms with E-state index >= 15 is 0 Å². The zero-order valence-corrected chi connectivity index (χ0v) is 12.9. The summed E-state index contributed by atoms with van der Waals surface area (Å²) in [5, 5.41) is 3.31. The maximum absolute atomic E-state index is 13.9. The van der Waals surface area contributed by atoms with Gasteiger partial charge in [0.1, 0.15) is 5.82 Å². The average molecular weight is 313 g/mol. The third-order valence-electron chi connectivity index (χ3n) is 4.40. The molecule has 0 radical (unpaired) electrons. The maximum atomic E-state index is 13.9. The number of nitrogens with one attached hydrogen (secondary N) is 1. The first-order valence-electron chi connectivity index (χ1n) is 7.88. The van der Waals surface area contributed by atoms with Gasteiger partial charge < -0.3 is 11.1 Å². The normalized spacial score (nSPS) is 15.5. The van der Waals surface area contributed by atoms with Crippen LogP contribution in [-0.2, 0) is 6.42 Å². The standard InChI is InChI=1S/C18H20FN3O/c19-15-4-2-1-3-13(15)11-16-17(18(20)23)14(7-10-22-16)12-5-8-21-9-6-12/h1-4,7,10,12,21H,5-6,8-9,11H2,(H2,20,23). The third-order valence-corrected chi connectivity index (χ3v) is 4.40. The number of rotatable bonds is 4. The Morgan fingerprint density at radius 3 is 2.70 bits per heavy atom. The summed E-state index contributed by atoms with van der Waals surface area (Å²) in [5.74, 6) is -0.490. The molecule has 1 aliphatic heterocycles. The van der Waals surface area contributed by atoms with Crippen LogP contribution >= 0.6 is 0 Å². The Hall–Kier alpha value is -2.27. The zero-order valence-electron chi connectivity index (χ0n) is 12.9. The SMILES string of the molecule is NC(=O)c1c(C2CCNCC2)ccnc1Cc1ccccc1F. The van der Waals surface area contributed by atoms with Crippen LogP contribution in [0.4, 0.5) is 4.39 Å². The molecule has 120 valence electrons. The molecule has 0 bridgehead atoms. The smallest absolute Gasteiger partial charge is 0.250 e. The minimum Gasteiger partial charge on any atom is -0.366 e. The Bertz CT molecular complexity index is 711. The molecule has 0 spiro atoms. The van der Waals surface area contributed by atoms with Gasteiger partial charge in [0.25, 0.3) is 5.91 Å². The van der Waals surface area contributed by atoms with Crippen LogP contribution < -0.4 is 11.1 Å². The predicted molar refractivity (Wildman–Crippen MR) is 86.8 cm³/mol. The van der Waals surface area contributed by atoms with Crippen LogP contribution in [0.1, 0.15) is 45.9 Å². The van der Waals surface area contributed by atoms with Crippen molar-refractivity contribution >= 4 is 5.91 Å². The summed E-state index contributed by atoms with van der Waals surface area (Å²) in [4.78, 5) is 16.3. The number of pyridine rings is 1. The molecule has 0 aliphatic carbocycles. The molecule has 23 heavy (non-hydrogen) atoms. The zero-order chi connectivity index (χ0) is 16.2. The topological polar surface area (TPSA) is 68.0 Å². The number of nitrogens with zero attached hydrogens (tertiary/aromatic N) is 1. The molecular formula is C18H20FN3O. The Morgan fingerprint density at radius 2 is 2.00 bits per heavy atom. The number of piperidine rings is 1. The molecule has 1 aromatic heterocycles. The van der Waals surface area contributed by atoms with Crippen molar-refractivity contribution in [2.45, 2.75) is 25.2 Å². The molecule has 2 aromatic rings. The molecule has 1 amide bonds. The molecule has 1 aromatic carbocycles. The molecule has 0 saturated carbocycles. The number of carbonyl (C=O) groups is 1. The minimum absolute atomic E-state index is 0.268. The molecule has 4 nitrogen and oxygen atoms in total. The van der Waals surface area contributed by atoms with Gasteiger partial charge in [0.05, 0.1) is 11.3 Å². The van der Waals surface area contributed by atoms with Gasteiger partial charge in [-0.25, -0.2) is 4.39 Å². The summed E-state index contributed by atoms with van der Waals surface area (Å²) in [6.07, 6.45) is 3.89. The van der Waals surface area contributed by atoms with Crippen molar-refractivity contribution in [3.8, 4) is 0 Å². The van der Waals surface area contributed by atoms with Crippen molar-refractivity contribution in [3.05, 3.63) is 64.7 Å². The summed E-state index contributed by atoms with van der Waals surface area (Å²) in [6, 6.07) is 8.42. The van der Waals surface area contributed by atoms with Crippen molar-refractivity contribution in [1.82, 2.24) is 10.3 Å². The van der Waals surface area contributed by atoms with Gasteiger partial charge in [-0.1, -0.05) is 18.2 Å². The first-order valence-corrected chi connectivity index (χ1v) is 7.88. The lowest BCUT2D eigenvalue weighted by Crippen LogP contribution is -2.28. The van der Waals surface area contributed by atoms with E-state index < -0.39 is 5.91 Å². The van der Waals surface area contributed by atoms with E-state index in [1.807, 2.05) is 6.07 Å². The van der Waals surface area contributed by atoms with Crippen molar-refractivity contribution in [2.75, 3.05) is 13.1 Å². The fraction of sp³-hybridized carbons (Fsp3) is 0.333. The van der Waals surface area contributed by atoms with E-state index in [1.165, 1.54) is 6.07 Å². The van der Waals surface area contributed by atoms with Crippen molar-refractivity contribution in [1.29, 1.82) is 0 Å². The van der Waals surface area contributed by atoms with E-state index in [0.717, 1.165) is 31.5 Å². The summed E-state index contributed by atoms with van der Waals surface area (Å²) >= 11 is 0. The molecule has 2 heterocycles. The largest absolute Gasteiger partial charge is 0.366 e. The van der Waals surface area contributed by atoms with Crippen LogP contribution in [0.15, 0.2) is 36.5 Å². The van der Waals surface area contributed by atoms with Crippen molar-refractivity contribution in [2.24, 2.45) is 5.73 Å². The number of hydrogen-bond donors (Lipinski definition) is 2.